The molecule has 0 aliphatic carbocycles. The predicted molar refractivity (Wildman–Crippen MR) is 97.8 cm³/mol. The van der Waals surface area contributed by atoms with Crippen molar-refractivity contribution in [2.24, 2.45) is 5.73 Å². The summed E-state index contributed by atoms with van der Waals surface area (Å²) in [6.07, 6.45) is 15.2. The van der Waals surface area contributed by atoms with E-state index in [4.69, 9.17) is 11.1 Å². The van der Waals surface area contributed by atoms with Crippen LogP contribution in [-0.2, 0) is 0 Å². The van der Waals surface area contributed by atoms with E-state index in [-0.39, 0.29) is 0 Å². The first-order chi connectivity index (χ1) is 10.3. The van der Waals surface area contributed by atoms with Gasteiger partial charge in [-0.15, -0.1) is 0 Å². The van der Waals surface area contributed by atoms with Gasteiger partial charge in [0.15, 0.2) is 0 Å². The van der Waals surface area contributed by atoms with Gasteiger partial charge in [-0.25, -0.2) is 0 Å². The van der Waals surface area contributed by atoms with Crippen molar-refractivity contribution in [2.45, 2.75) is 77.6 Å². The van der Waals surface area contributed by atoms with Gasteiger partial charge in [-0.05, 0) is 25.9 Å². The lowest BCUT2D eigenvalue weighted by Crippen LogP contribution is -2.42. The molecule has 21 heavy (non-hydrogen) atoms. The van der Waals surface area contributed by atoms with Crippen LogP contribution in [0, 0.1) is 0 Å². The Kier molecular flexibility index (Phi) is 17.9. The molecule has 0 spiro atoms. The summed E-state index contributed by atoms with van der Waals surface area (Å²) in [5, 5.41) is 10.0. The summed E-state index contributed by atoms with van der Waals surface area (Å²) >= 11 is 1.69. The van der Waals surface area contributed by atoms with Crippen LogP contribution in [0.25, 0.3) is 0 Å². The van der Waals surface area contributed by atoms with E-state index in [0.717, 1.165) is 23.9 Å². The van der Waals surface area contributed by atoms with E-state index < -0.39 is 0 Å². The number of unbranched alkanes of at least 4 members (excludes halogenated alkanes) is 9. The van der Waals surface area contributed by atoms with Crippen molar-refractivity contribution in [2.75, 3.05) is 25.4 Å². The first-order valence-electron chi connectivity index (χ1n) is 8.96. The van der Waals surface area contributed by atoms with Crippen LogP contribution in [0.2, 0.25) is 0 Å². The van der Waals surface area contributed by atoms with Gasteiger partial charge in [-0.2, -0.15) is 0 Å². The minimum atomic E-state index is 0.497. The summed E-state index contributed by atoms with van der Waals surface area (Å²) in [6.45, 7) is 5.04. The number of thioether (sulfide) groups is 1. The summed E-state index contributed by atoms with van der Waals surface area (Å²) < 4.78 is 0. The number of nitrogens with one attached hydrogen (secondary N) is 1. The monoisotopic (exact) mass is 316 g/mol. The molecule has 4 heteroatoms. The normalized spacial score (nSPS) is 11.0. The van der Waals surface area contributed by atoms with Crippen molar-refractivity contribution >= 4 is 16.8 Å². The fourth-order valence-corrected chi connectivity index (χ4v) is 2.99. The van der Waals surface area contributed by atoms with Crippen LogP contribution in [0.4, 0.5) is 0 Å². The lowest BCUT2D eigenvalue weighted by molar-refractivity contribution is -0.109. The van der Waals surface area contributed by atoms with Gasteiger partial charge in [-0.3, -0.25) is 5.41 Å². The van der Waals surface area contributed by atoms with Crippen molar-refractivity contribution in [3.63, 3.8) is 0 Å². The van der Waals surface area contributed by atoms with E-state index >= 15 is 0 Å². The highest BCUT2D eigenvalue weighted by Crippen LogP contribution is 2.10. The molecule has 0 rings (SSSR count). The standard InChI is InChI=1S/C17H37N3S/c1-2-3-4-5-6-7-8-9-10-11-13-20-14-12-15-21-17(19)16-18/h19-20H,2-16,18H2,1H3/p+1. The number of hydrogen-bond acceptors (Lipinski definition) is 3. The Balaban J connectivity index is 2.98. The first kappa shape index (κ1) is 20.9. The van der Waals surface area contributed by atoms with Gasteiger partial charge in [0.25, 0.3) is 0 Å². The second-order valence-electron chi connectivity index (χ2n) is 5.80. The molecule has 0 aromatic carbocycles. The van der Waals surface area contributed by atoms with Crippen molar-refractivity contribution in [3.8, 4) is 0 Å². The number of hydrogen-bond donors (Lipinski definition) is 3. The Morgan fingerprint density at radius 2 is 1.38 bits per heavy atom. The molecule has 0 aliphatic rings. The minimum Gasteiger partial charge on any atom is -0.321 e. The highest BCUT2D eigenvalue weighted by Gasteiger charge is 1.99. The third kappa shape index (κ3) is 17.9. The summed E-state index contributed by atoms with van der Waals surface area (Å²) in [4.78, 5) is 0. The Morgan fingerprint density at radius 1 is 0.857 bits per heavy atom. The summed E-state index contributed by atoms with van der Waals surface area (Å²) in [6, 6.07) is 0. The van der Waals surface area contributed by atoms with Crippen LogP contribution in [-0.4, -0.2) is 30.4 Å². The molecule has 0 fully saturated rings. The third-order valence-electron chi connectivity index (χ3n) is 3.69. The van der Waals surface area contributed by atoms with Crippen LogP contribution in [0.3, 0.4) is 0 Å². The van der Waals surface area contributed by atoms with Crippen LogP contribution in [0.15, 0.2) is 0 Å². The molecule has 0 amide bonds. The lowest BCUT2D eigenvalue weighted by Gasteiger charge is -2.04. The van der Waals surface area contributed by atoms with E-state index in [0.29, 0.717) is 6.54 Å². The van der Waals surface area contributed by atoms with Gasteiger partial charge in [0.05, 0.1) is 6.54 Å². The maximum atomic E-state index is 5.66. The van der Waals surface area contributed by atoms with Crippen LogP contribution in [0.5, 0.6) is 0 Å². The Labute approximate surface area is 136 Å². The zero-order chi connectivity index (χ0) is 15.6. The molecule has 0 unspecified atom stereocenters. The van der Waals surface area contributed by atoms with Gasteiger partial charge in [0.2, 0.25) is 5.04 Å². The topological polar surface area (TPSA) is 63.6 Å². The van der Waals surface area contributed by atoms with Crippen molar-refractivity contribution in [1.29, 1.82) is 0 Å². The highest BCUT2D eigenvalue weighted by atomic mass is 32.2. The molecule has 126 valence electrons. The molecule has 0 saturated heterocycles. The quantitative estimate of drug-likeness (QED) is 0.233. The van der Waals surface area contributed by atoms with Gasteiger partial charge in [0, 0.05) is 5.75 Å². The molecule has 0 atom stereocenters. The van der Waals surface area contributed by atoms with Crippen LogP contribution < -0.4 is 16.5 Å². The zero-order valence-electron chi connectivity index (χ0n) is 14.2. The predicted octanol–water partition coefficient (Wildman–Crippen LogP) is 2.74. The molecular weight excluding hydrogens is 278 g/mol. The van der Waals surface area contributed by atoms with E-state index in [1.807, 2.05) is 0 Å². The van der Waals surface area contributed by atoms with Gasteiger partial charge in [0.1, 0.15) is 0 Å². The molecule has 0 radical (unpaired) electrons. The molecule has 3 nitrogen and oxygen atoms in total. The van der Waals surface area contributed by atoms with Crippen LogP contribution >= 0.6 is 11.8 Å². The summed E-state index contributed by atoms with van der Waals surface area (Å²) in [5.41, 5.74) is 5.43. The maximum absolute atomic E-state index is 5.66. The Hall–Kier alpha value is -0.0600. The second kappa shape index (κ2) is 18.0. The summed E-state index contributed by atoms with van der Waals surface area (Å²) in [7, 11) is 0. The van der Waals surface area contributed by atoms with E-state index in [2.05, 4.69) is 12.2 Å². The maximum Gasteiger partial charge on any atom is 0.221 e. The first-order valence-corrected chi connectivity index (χ1v) is 9.94. The average molecular weight is 317 g/mol. The largest absolute Gasteiger partial charge is 0.321 e. The van der Waals surface area contributed by atoms with E-state index in [1.165, 1.54) is 70.6 Å². The molecule has 5 N–H and O–H groups in total. The number of rotatable bonds is 16. The lowest BCUT2D eigenvalue weighted by atomic mass is 10.1. The van der Waals surface area contributed by atoms with E-state index in [9.17, 15) is 0 Å². The van der Waals surface area contributed by atoms with Gasteiger partial charge >= 0.3 is 0 Å². The molecule has 0 aliphatic heterocycles. The molecule has 0 aromatic heterocycles. The molecule has 0 aromatic rings. The SMILES string of the molecule is CCCCCCCCCCCCNCCCSC(=[NH2+])CN. The van der Waals surface area contributed by atoms with E-state index in [1.54, 1.807) is 11.8 Å². The third-order valence-corrected chi connectivity index (χ3v) is 4.72. The second-order valence-corrected chi connectivity index (χ2v) is 7.03. The van der Waals surface area contributed by atoms with Crippen molar-refractivity contribution < 1.29 is 5.41 Å². The fourth-order valence-electron chi connectivity index (χ4n) is 2.32. The van der Waals surface area contributed by atoms with Crippen molar-refractivity contribution in [1.82, 2.24) is 5.32 Å². The molecular formula is C17H38N3S+. The van der Waals surface area contributed by atoms with Gasteiger partial charge < -0.3 is 11.1 Å². The van der Waals surface area contributed by atoms with Gasteiger partial charge in [-0.1, -0.05) is 76.5 Å². The Morgan fingerprint density at radius 3 is 1.95 bits per heavy atom. The molecule has 0 saturated carbocycles. The zero-order valence-corrected chi connectivity index (χ0v) is 15.0. The van der Waals surface area contributed by atoms with Crippen LogP contribution in [0.1, 0.15) is 77.6 Å². The van der Waals surface area contributed by atoms with Crippen molar-refractivity contribution in [3.05, 3.63) is 0 Å². The smallest absolute Gasteiger partial charge is 0.221 e. The molecule has 0 heterocycles. The Bertz CT molecular complexity index is 222. The average Bonchev–Trinajstić information content (AvgIpc) is 2.50. The number of nitrogens with two attached hydrogens (primary N) is 2. The molecule has 0 bridgehead atoms. The highest BCUT2D eigenvalue weighted by molar-refractivity contribution is 8.13. The minimum absolute atomic E-state index is 0.497. The summed E-state index contributed by atoms with van der Waals surface area (Å²) in [5.74, 6) is 1.08. The fraction of sp³-hybridized carbons (Fsp3) is 0.941.